The Hall–Kier alpha value is -2.93. The van der Waals surface area contributed by atoms with Crippen LogP contribution in [0, 0.1) is 11.8 Å². The number of nitrogens with zero attached hydrogens (tertiary/aromatic N) is 5. The van der Waals surface area contributed by atoms with Gasteiger partial charge in [-0.1, -0.05) is 6.07 Å². The van der Waals surface area contributed by atoms with Crippen molar-refractivity contribution >= 4 is 22.8 Å². The summed E-state index contributed by atoms with van der Waals surface area (Å²) in [6, 6.07) is 10.9. The summed E-state index contributed by atoms with van der Waals surface area (Å²) in [5, 5.41) is 3.58. The number of fused-ring (bicyclic) bond motifs is 3. The Morgan fingerprint density at radius 1 is 1.18 bits per heavy atom. The molecule has 1 saturated carbocycles. The minimum atomic E-state index is 0.133. The standard InChI is InChI=1S/C27H32N6O/c1-31-23-7-6-20(27(34)32-12-9-18-8-11-28-22(18)16-32)13-21(23)30-26(31)24-14-19-3-2-10-29-25(19)33(24)15-17-4-5-17/h2-3,6-7,10,13,17-18,22,24,28H,4-5,8-9,11-12,14-16H2,1H3. The van der Waals surface area contributed by atoms with Crippen molar-refractivity contribution in [2.75, 3.05) is 31.1 Å². The first kappa shape index (κ1) is 20.4. The maximum absolute atomic E-state index is 13.4. The lowest BCUT2D eigenvalue weighted by Crippen LogP contribution is -2.48. The van der Waals surface area contributed by atoms with Crippen LogP contribution in [0.5, 0.6) is 0 Å². The summed E-state index contributed by atoms with van der Waals surface area (Å²) in [4.78, 5) is 27.7. The lowest BCUT2D eigenvalue weighted by molar-refractivity contribution is 0.0669. The molecule has 3 fully saturated rings. The van der Waals surface area contributed by atoms with Gasteiger partial charge in [-0.3, -0.25) is 4.79 Å². The number of aromatic nitrogens is 3. The van der Waals surface area contributed by atoms with Crippen molar-refractivity contribution in [3.63, 3.8) is 0 Å². The second-order valence-electron chi connectivity index (χ2n) is 10.7. The minimum absolute atomic E-state index is 0.133. The molecule has 0 bridgehead atoms. The SMILES string of the molecule is Cn1c(C2Cc3cccnc3N2CC2CC2)nc2cc(C(=O)N3CCC4CCNC4C3)ccc21. The van der Waals surface area contributed by atoms with Gasteiger partial charge in [0.05, 0.1) is 17.1 Å². The molecule has 3 aliphatic heterocycles. The molecule has 0 spiro atoms. The maximum Gasteiger partial charge on any atom is 0.253 e. The summed E-state index contributed by atoms with van der Waals surface area (Å²) in [6.07, 6.45) is 7.81. The van der Waals surface area contributed by atoms with E-state index in [1.165, 1.54) is 24.8 Å². The van der Waals surface area contributed by atoms with Crippen molar-refractivity contribution in [1.82, 2.24) is 24.8 Å². The first-order valence-electron chi connectivity index (χ1n) is 12.9. The molecule has 2 saturated heterocycles. The smallest absolute Gasteiger partial charge is 0.253 e. The highest BCUT2D eigenvalue weighted by Crippen LogP contribution is 2.42. The van der Waals surface area contributed by atoms with Crippen molar-refractivity contribution in [3.8, 4) is 0 Å². The molecule has 34 heavy (non-hydrogen) atoms. The van der Waals surface area contributed by atoms with Gasteiger partial charge in [0.2, 0.25) is 0 Å². The van der Waals surface area contributed by atoms with E-state index < -0.39 is 0 Å². The van der Waals surface area contributed by atoms with Gasteiger partial charge in [-0.25, -0.2) is 9.97 Å². The molecule has 1 aliphatic carbocycles. The number of amides is 1. The van der Waals surface area contributed by atoms with Crippen LogP contribution in [0.4, 0.5) is 5.82 Å². The first-order chi connectivity index (χ1) is 16.7. The fraction of sp³-hybridized carbons (Fsp3) is 0.519. The molecule has 3 aromatic rings. The monoisotopic (exact) mass is 456 g/mol. The number of carbonyl (C=O) groups is 1. The number of nitrogens with one attached hydrogen (secondary N) is 1. The molecule has 3 atom stereocenters. The largest absolute Gasteiger partial charge is 0.346 e. The number of benzene rings is 1. The van der Waals surface area contributed by atoms with E-state index in [9.17, 15) is 4.79 Å². The third-order valence-corrected chi connectivity index (χ3v) is 8.51. The first-order valence-corrected chi connectivity index (χ1v) is 12.9. The van der Waals surface area contributed by atoms with Crippen LogP contribution in [0.25, 0.3) is 11.0 Å². The topological polar surface area (TPSA) is 66.3 Å². The van der Waals surface area contributed by atoms with Gasteiger partial charge in [-0.2, -0.15) is 0 Å². The summed E-state index contributed by atoms with van der Waals surface area (Å²) < 4.78 is 2.22. The normalized spacial score (nSPS) is 26.2. The van der Waals surface area contributed by atoms with E-state index >= 15 is 0 Å². The second-order valence-corrected chi connectivity index (χ2v) is 10.7. The zero-order valence-corrected chi connectivity index (χ0v) is 19.8. The van der Waals surface area contributed by atoms with Crippen LogP contribution >= 0.6 is 0 Å². The summed E-state index contributed by atoms with van der Waals surface area (Å²) in [5.74, 6) is 3.82. The van der Waals surface area contributed by atoms with Crippen molar-refractivity contribution in [1.29, 1.82) is 0 Å². The third-order valence-electron chi connectivity index (χ3n) is 8.51. The van der Waals surface area contributed by atoms with Crippen LogP contribution in [0.15, 0.2) is 36.5 Å². The summed E-state index contributed by atoms with van der Waals surface area (Å²) in [7, 11) is 2.11. The van der Waals surface area contributed by atoms with Crippen molar-refractivity contribution in [2.24, 2.45) is 18.9 Å². The van der Waals surface area contributed by atoms with E-state index in [2.05, 4.69) is 34.0 Å². The number of hydrogen-bond donors (Lipinski definition) is 1. The molecule has 1 N–H and O–H groups in total. The van der Waals surface area contributed by atoms with Crippen LogP contribution in [0.3, 0.4) is 0 Å². The summed E-state index contributed by atoms with van der Waals surface area (Å²) in [6.45, 7) is 3.81. The van der Waals surface area contributed by atoms with E-state index in [0.29, 0.717) is 6.04 Å². The Morgan fingerprint density at radius 3 is 2.97 bits per heavy atom. The molecule has 3 unspecified atom stereocenters. The Labute approximate surface area is 200 Å². The maximum atomic E-state index is 13.4. The Bertz CT molecular complexity index is 1260. The zero-order valence-electron chi connectivity index (χ0n) is 19.8. The predicted octanol–water partition coefficient (Wildman–Crippen LogP) is 3.31. The van der Waals surface area contributed by atoms with E-state index in [0.717, 1.165) is 79.1 Å². The van der Waals surface area contributed by atoms with Gasteiger partial charge in [0.15, 0.2) is 0 Å². The van der Waals surface area contributed by atoms with E-state index in [4.69, 9.17) is 9.97 Å². The molecular formula is C27H32N6O. The van der Waals surface area contributed by atoms with E-state index in [-0.39, 0.29) is 11.9 Å². The number of aryl methyl sites for hydroxylation is 1. The molecule has 1 aromatic carbocycles. The number of piperidine rings is 1. The molecule has 0 radical (unpaired) electrons. The number of rotatable bonds is 4. The van der Waals surface area contributed by atoms with Gasteiger partial charge in [0.1, 0.15) is 11.6 Å². The molecule has 7 rings (SSSR count). The molecule has 7 nitrogen and oxygen atoms in total. The highest BCUT2D eigenvalue weighted by Gasteiger charge is 2.38. The van der Waals surface area contributed by atoms with Gasteiger partial charge >= 0.3 is 0 Å². The van der Waals surface area contributed by atoms with Crippen LogP contribution in [-0.2, 0) is 13.5 Å². The summed E-state index contributed by atoms with van der Waals surface area (Å²) in [5.41, 5.74) is 4.05. The highest BCUT2D eigenvalue weighted by atomic mass is 16.2. The van der Waals surface area contributed by atoms with Gasteiger partial charge in [0, 0.05) is 50.9 Å². The summed E-state index contributed by atoms with van der Waals surface area (Å²) >= 11 is 0. The van der Waals surface area contributed by atoms with Crippen molar-refractivity contribution in [3.05, 3.63) is 53.5 Å². The number of likely N-dealkylation sites (tertiary alicyclic amines) is 1. The molecule has 5 heterocycles. The second kappa shape index (κ2) is 7.80. The molecule has 4 aliphatic rings. The van der Waals surface area contributed by atoms with Gasteiger partial charge in [0.25, 0.3) is 5.91 Å². The molecule has 2 aromatic heterocycles. The van der Waals surface area contributed by atoms with Gasteiger partial charge in [-0.05, 0) is 73.9 Å². The van der Waals surface area contributed by atoms with Crippen LogP contribution in [0.1, 0.15) is 53.5 Å². The van der Waals surface area contributed by atoms with E-state index in [1.807, 2.05) is 29.3 Å². The fourth-order valence-electron chi connectivity index (χ4n) is 6.39. The average Bonchev–Trinajstić information content (AvgIpc) is 3.29. The molecule has 1 amide bonds. The Kier molecular flexibility index (Phi) is 4.69. The number of pyridine rings is 1. The zero-order chi connectivity index (χ0) is 22.8. The van der Waals surface area contributed by atoms with Gasteiger partial charge < -0.3 is 19.7 Å². The molecular weight excluding hydrogens is 424 g/mol. The lowest BCUT2D eigenvalue weighted by atomic mass is 9.92. The third kappa shape index (κ3) is 3.32. The minimum Gasteiger partial charge on any atom is -0.346 e. The Morgan fingerprint density at radius 2 is 2.09 bits per heavy atom. The molecule has 176 valence electrons. The quantitative estimate of drug-likeness (QED) is 0.653. The number of anilines is 1. The molecule has 7 heteroatoms. The highest BCUT2D eigenvalue weighted by molar-refractivity contribution is 5.97. The lowest BCUT2D eigenvalue weighted by Gasteiger charge is -2.35. The number of imidazole rings is 1. The van der Waals surface area contributed by atoms with Crippen LogP contribution < -0.4 is 10.2 Å². The van der Waals surface area contributed by atoms with Crippen molar-refractivity contribution in [2.45, 2.75) is 44.2 Å². The fourth-order valence-corrected chi connectivity index (χ4v) is 6.39. The number of hydrogen-bond acceptors (Lipinski definition) is 5. The van der Waals surface area contributed by atoms with Gasteiger partial charge in [-0.15, -0.1) is 0 Å². The van der Waals surface area contributed by atoms with Crippen molar-refractivity contribution < 1.29 is 4.79 Å². The van der Waals surface area contributed by atoms with Crippen LogP contribution in [-0.4, -0.2) is 57.6 Å². The predicted molar refractivity (Wildman–Crippen MR) is 132 cm³/mol. The van der Waals surface area contributed by atoms with Crippen LogP contribution in [0.2, 0.25) is 0 Å². The Balaban J connectivity index is 1.19. The van der Waals surface area contributed by atoms with E-state index in [1.54, 1.807) is 0 Å². The number of carbonyl (C=O) groups excluding carboxylic acids is 1. The average molecular weight is 457 g/mol.